The molecule has 1 aromatic rings. The lowest BCUT2D eigenvalue weighted by molar-refractivity contribution is -0.162. The molecule has 5 heteroatoms. The molecule has 0 unspecified atom stereocenters. The summed E-state index contributed by atoms with van der Waals surface area (Å²) < 4.78 is 10.5. The van der Waals surface area contributed by atoms with Gasteiger partial charge in [-0.2, -0.15) is 0 Å². The Balaban J connectivity index is 2.01. The van der Waals surface area contributed by atoms with Crippen molar-refractivity contribution in [3.8, 4) is 0 Å². The van der Waals surface area contributed by atoms with E-state index in [9.17, 15) is 9.59 Å². The summed E-state index contributed by atoms with van der Waals surface area (Å²) in [5.41, 5.74) is -0.543. The molecule has 1 amide bonds. The minimum Gasteiger partial charge on any atom is -0.465 e. The van der Waals surface area contributed by atoms with Gasteiger partial charge in [0.1, 0.15) is 17.4 Å². The number of esters is 1. The molecule has 0 N–H and O–H groups in total. The molecule has 0 bridgehead atoms. The van der Waals surface area contributed by atoms with Crippen molar-refractivity contribution < 1.29 is 18.7 Å². The standard InChI is InChI=1S/C16H21NO4/c1-16(2,3)21-15(19)13-7-4-10-17(13)14(18)9-8-12-6-5-11-20-12/h5-6,8-9,11,13H,4,7,10H2,1-3H3/b9-8+/t13-/m1/s1. The van der Waals surface area contributed by atoms with E-state index >= 15 is 0 Å². The van der Waals surface area contributed by atoms with Crippen LogP contribution in [0.15, 0.2) is 28.9 Å². The number of nitrogens with zero attached hydrogens (tertiary/aromatic N) is 1. The van der Waals surface area contributed by atoms with E-state index in [-0.39, 0.29) is 11.9 Å². The van der Waals surface area contributed by atoms with Gasteiger partial charge >= 0.3 is 5.97 Å². The van der Waals surface area contributed by atoms with E-state index in [4.69, 9.17) is 9.15 Å². The van der Waals surface area contributed by atoms with E-state index in [1.54, 1.807) is 29.4 Å². The first-order chi connectivity index (χ1) is 9.87. The highest BCUT2D eigenvalue weighted by molar-refractivity contribution is 5.94. The summed E-state index contributed by atoms with van der Waals surface area (Å²) in [5, 5.41) is 0. The molecule has 0 spiro atoms. The Kier molecular flexibility index (Phi) is 4.50. The molecule has 0 aliphatic carbocycles. The van der Waals surface area contributed by atoms with Gasteiger partial charge in [-0.1, -0.05) is 0 Å². The molecule has 1 aliphatic rings. The van der Waals surface area contributed by atoms with Gasteiger partial charge in [0, 0.05) is 12.6 Å². The highest BCUT2D eigenvalue weighted by Crippen LogP contribution is 2.21. The van der Waals surface area contributed by atoms with E-state index in [2.05, 4.69) is 0 Å². The highest BCUT2D eigenvalue weighted by Gasteiger charge is 2.36. The van der Waals surface area contributed by atoms with E-state index < -0.39 is 11.6 Å². The molecule has 1 saturated heterocycles. The van der Waals surface area contributed by atoms with E-state index in [1.807, 2.05) is 20.8 Å². The molecule has 2 rings (SSSR count). The number of hydrogen-bond acceptors (Lipinski definition) is 4. The third-order valence-corrected chi connectivity index (χ3v) is 3.15. The normalized spacial score (nSPS) is 19.2. The van der Waals surface area contributed by atoms with Crippen LogP contribution < -0.4 is 0 Å². The van der Waals surface area contributed by atoms with Crippen LogP contribution in [0.1, 0.15) is 39.4 Å². The molecule has 1 fully saturated rings. The van der Waals surface area contributed by atoms with Crippen LogP contribution in [0.4, 0.5) is 0 Å². The molecule has 0 aromatic carbocycles. The summed E-state index contributed by atoms with van der Waals surface area (Å²) in [6.45, 7) is 6.04. The maximum absolute atomic E-state index is 12.2. The molecule has 0 saturated carbocycles. The van der Waals surface area contributed by atoms with Crippen LogP contribution in [-0.2, 0) is 14.3 Å². The zero-order chi connectivity index (χ0) is 15.5. The Labute approximate surface area is 124 Å². The Bertz CT molecular complexity index is 525. The zero-order valence-corrected chi connectivity index (χ0v) is 12.7. The summed E-state index contributed by atoms with van der Waals surface area (Å²) >= 11 is 0. The van der Waals surface area contributed by atoms with Crippen LogP contribution in [-0.4, -0.2) is 35.0 Å². The number of ether oxygens (including phenoxy) is 1. The van der Waals surface area contributed by atoms with E-state index in [0.717, 1.165) is 6.42 Å². The Morgan fingerprint density at radius 1 is 1.43 bits per heavy atom. The first-order valence-corrected chi connectivity index (χ1v) is 7.12. The zero-order valence-electron chi connectivity index (χ0n) is 12.7. The summed E-state index contributed by atoms with van der Waals surface area (Å²) in [4.78, 5) is 25.9. The largest absolute Gasteiger partial charge is 0.465 e. The quantitative estimate of drug-likeness (QED) is 0.634. The molecule has 1 aliphatic heterocycles. The van der Waals surface area contributed by atoms with Crippen molar-refractivity contribution in [2.75, 3.05) is 6.54 Å². The summed E-state index contributed by atoms with van der Waals surface area (Å²) in [6.07, 6.45) is 6.04. The SMILES string of the molecule is CC(C)(C)OC(=O)[C@H]1CCCN1C(=O)/C=C/c1ccco1. The maximum atomic E-state index is 12.2. The maximum Gasteiger partial charge on any atom is 0.329 e. The van der Waals surface area contributed by atoms with Crippen molar-refractivity contribution in [1.82, 2.24) is 4.90 Å². The van der Waals surface area contributed by atoms with Gasteiger partial charge in [0.05, 0.1) is 6.26 Å². The topological polar surface area (TPSA) is 59.8 Å². The average molecular weight is 291 g/mol. The second-order valence-electron chi connectivity index (χ2n) is 6.07. The second-order valence-corrected chi connectivity index (χ2v) is 6.07. The van der Waals surface area contributed by atoms with Crippen molar-refractivity contribution in [2.45, 2.75) is 45.3 Å². The Hall–Kier alpha value is -2.04. The fourth-order valence-electron chi connectivity index (χ4n) is 2.28. The predicted octanol–water partition coefficient (Wildman–Crippen LogP) is 2.63. The molecule has 21 heavy (non-hydrogen) atoms. The minimum atomic E-state index is -0.543. The van der Waals surface area contributed by atoms with Crippen LogP contribution in [0.5, 0.6) is 0 Å². The first kappa shape index (κ1) is 15.4. The number of rotatable bonds is 3. The van der Waals surface area contributed by atoms with Crippen LogP contribution in [0.2, 0.25) is 0 Å². The summed E-state index contributed by atoms with van der Waals surface area (Å²) in [6, 6.07) is 3.03. The molecule has 0 radical (unpaired) electrons. The fraction of sp³-hybridized carbons (Fsp3) is 0.500. The molecular formula is C16H21NO4. The molecular weight excluding hydrogens is 270 g/mol. The lowest BCUT2D eigenvalue weighted by atomic mass is 10.1. The minimum absolute atomic E-state index is 0.195. The van der Waals surface area contributed by atoms with E-state index in [1.165, 1.54) is 6.08 Å². The van der Waals surface area contributed by atoms with Gasteiger partial charge in [-0.15, -0.1) is 0 Å². The predicted molar refractivity (Wildman–Crippen MR) is 78.3 cm³/mol. The first-order valence-electron chi connectivity index (χ1n) is 7.12. The number of carbonyl (C=O) groups excluding carboxylic acids is 2. The van der Waals surface area contributed by atoms with Crippen LogP contribution in [0, 0.1) is 0 Å². The number of furan rings is 1. The lowest BCUT2D eigenvalue weighted by Crippen LogP contribution is -2.42. The molecule has 5 nitrogen and oxygen atoms in total. The van der Waals surface area contributed by atoms with Gasteiger partial charge in [-0.3, -0.25) is 4.79 Å². The van der Waals surface area contributed by atoms with Gasteiger partial charge in [0.25, 0.3) is 0 Å². The van der Waals surface area contributed by atoms with Gasteiger partial charge in [0.2, 0.25) is 5.91 Å². The van der Waals surface area contributed by atoms with Crippen molar-refractivity contribution >= 4 is 18.0 Å². The smallest absolute Gasteiger partial charge is 0.329 e. The second kappa shape index (κ2) is 6.16. The van der Waals surface area contributed by atoms with Crippen molar-refractivity contribution in [3.05, 3.63) is 30.2 Å². The third kappa shape index (κ3) is 4.21. The van der Waals surface area contributed by atoms with Crippen LogP contribution in [0.3, 0.4) is 0 Å². The molecule has 2 heterocycles. The van der Waals surface area contributed by atoms with Crippen molar-refractivity contribution in [2.24, 2.45) is 0 Å². The average Bonchev–Trinajstić information content (AvgIpc) is 3.05. The molecule has 114 valence electrons. The van der Waals surface area contributed by atoms with Crippen LogP contribution >= 0.6 is 0 Å². The number of likely N-dealkylation sites (tertiary alicyclic amines) is 1. The van der Waals surface area contributed by atoms with Crippen molar-refractivity contribution in [1.29, 1.82) is 0 Å². The van der Waals surface area contributed by atoms with Gasteiger partial charge in [-0.05, 0) is 51.8 Å². The lowest BCUT2D eigenvalue weighted by Gasteiger charge is -2.26. The summed E-state index contributed by atoms with van der Waals surface area (Å²) in [7, 11) is 0. The Morgan fingerprint density at radius 3 is 2.81 bits per heavy atom. The monoisotopic (exact) mass is 291 g/mol. The summed E-state index contributed by atoms with van der Waals surface area (Å²) in [5.74, 6) is 0.0795. The van der Waals surface area contributed by atoms with Crippen molar-refractivity contribution in [3.63, 3.8) is 0 Å². The van der Waals surface area contributed by atoms with Gasteiger partial charge < -0.3 is 14.1 Å². The Morgan fingerprint density at radius 2 is 2.19 bits per heavy atom. The van der Waals surface area contributed by atoms with E-state index in [0.29, 0.717) is 18.7 Å². The van der Waals surface area contributed by atoms with Crippen LogP contribution in [0.25, 0.3) is 6.08 Å². The van der Waals surface area contributed by atoms with Gasteiger partial charge in [0.15, 0.2) is 0 Å². The molecule has 1 aromatic heterocycles. The number of hydrogen-bond donors (Lipinski definition) is 0. The highest BCUT2D eigenvalue weighted by atomic mass is 16.6. The number of carbonyl (C=O) groups is 2. The number of amides is 1. The fourth-order valence-corrected chi connectivity index (χ4v) is 2.28. The third-order valence-electron chi connectivity index (χ3n) is 3.15. The van der Waals surface area contributed by atoms with Gasteiger partial charge in [-0.25, -0.2) is 4.79 Å². The molecule has 1 atom stereocenters.